The molecule has 102 valence electrons. The molecule has 0 aliphatic heterocycles. The van der Waals surface area contributed by atoms with Crippen LogP contribution in [0.4, 0.5) is 13.2 Å². The third kappa shape index (κ3) is 2.29. The van der Waals surface area contributed by atoms with Gasteiger partial charge in [-0.1, -0.05) is 48.5 Å². The molecule has 0 saturated carbocycles. The highest BCUT2D eigenvalue weighted by Gasteiger charge is 2.35. The number of alkyl halides is 3. The molecule has 1 heterocycles. The van der Waals surface area contributed by atoms with Crippen molar-refractivity contribution < 1.29 is 13.2 Å². The smallest absolute Gasteiger partial charge is 0.332 e. The molecule has 3 rings (SSSR count). The molecule has 0 radical (unpaired) electrons. The van der Waals surface area contributed by atoms with E-state index in [4.69, 9.17) is 0 Å². The quantitative estimate of drug-likeness (QED) is 0.638. The topological polar surface area (TPSA) is 4.93 Å². The second-order valence-electron chi connectivity index (χ2n) is 4.66. The molecule has 0 aliphatic carbocycles. The molecule has 0 fully saturated rings. The molecule has 0 amide bonds. The van der Waals surface area contributed by atoms with E-state index in [1.165, 1.54) is 10.6 Å². The number of halogens is 3. The van der Waals surface area contributed by atoms with Crippen molar-refractivity contribution in [2.45, 2.75) is 12.7 Å². The van der Waals surface area contributed by atoms with E-state index in [0.717, 1.165) is 5.56 Å². The number of para-hydroxylation sites is 1. The van der Waals surface area contributed by atoms with Gasteiger partial charge in [0.15, 0.2) is 0 Å². The summed E-state index contributed by atoms with van der Waals surface area (Å²) in [5.74, 6) is 0. The van der Waals surface area contributed by atoms with Gasteiger partial charge in [0.05, 0.1) is 0 Å². The number of fused-ring (bicyclic) bond motifs is 1. The predicted molar refractivity (Wildman–Crippen MR) is 72.5 cm³/mol. The first-order valence-electron chi connectivity index (χ1n) is 6.25. The Hall–Kier alpha value is -2.23. The van der Waals surface area contributed by atoms with Crippen LogP contribution >= 0.6 is 0 Å². The zero-order valence-corrected chi connectivity index (χ0v) is 10.6. The van der Waals surface area contributed by atoms with Gasteiger partial charge in [-0.05, 0) is 17.7 Å². The molecular weight excluding hydrogens is 263 g/mol. The lowest BCUT2D eigenvalue weighted by molar-refractivity contribution is -0.143. The maximum absolute atomic E-state index is 13.2. The lowest BCUT2D eigenvalue weighted by Gasteiger charge is -2.13. The SMILES string of the molecule is FC(F)(F)c1cc2ccccc2n1Cc1ccccc1. The molecule has 20 heavy (non-hydrogen) atoms. The van der Waals surface area contributed by atoms with Crippen LogP contribution < -0.4 is 0 Å². The largest absolute Gasteiger partial charge is 0.431 e. The minimum absolute atomic E-state index is 0.212. The average molecular weight is 275 g/mol. The Morgan fingerprint density at radius 1 is 0.850 bits per heavy atom. The summed E-state index contributed by atoms with van der Waals surface area (Å²) < 4.78 is 40.8. The monoisotopic (exact) mass is 275 g/mol. The van der Waals surface area contributed by atoms with Gasteiger partial charge >= 0.3 is 6.18 Å². The summed E-state index contributed by atoms with van der Waals surface area (Å²) in [6.45, 7) is 0.212. The molecule has 4 heteroatoms. The molecule has 3 aromatic rings. The Balaban J connectivity index is 2.16. The Morgan fingerprint density at radius 3 is 2.20 bits per heavy atom. The molecule has 0 atom stereocenters. The van der Waals surface area contributed by atoms with Crippen molar-refractivity contribution in [1.82, 2.24) is 4.57 Å². The number of nitrogens with zero attached hydrogens (tertiary/aromatic N) is 1. The Labute approximate surface area is 114 Å². The van der Waals surface area contributed by atoms with Crippen LogP contribution in [0.5, 0.6) is 0 Å². The van der Waals surface area contributed by atoms with Gasteiger partial charge in [-0.2, -0.15) is 13.2 Å². The van der Waals surface area contributed by atoms with E-state index < -0.39 is 11.9 Å². The molecule has 0 unspecified atom stereocenters. The van der Waals surface area contributed by atoms with Crippen LogP contribution in [-0.2, 0) is 12.7 Å². The molecule has 1 nitrogen and oxygen atoms in total. The number of hydrogen-bond donors (Lipinski definition) is 0. The first kappa shape index (κ1) is 12.8. The van der Waals surface area contributed by atoms with Gasteiger partial charge in [0.25, 0.3) is 0 Å². The van der Waals surface area contributed by atoms with Crippen LogP contribution in [0.1, 0.15) is 11.3 Å². The number of benzene rings is 2. The van der Waals surface area contributed by atoms with Crippen molar-refractivity contribution in [3.05, 3.63) is 71.9 Å². The summed E-state index contributed by atoms with van der Waals surface area (Å²) in [5, 5.41) is 0.607. The minimum atomic E-state index is -4.35. The standard InChI is InChI=1S/C16H12F3N/c17-16(18,19)15-10-13-8-4-5-9-14(13)20(15)11-12-6-2-1-3-7-12/h1-10H,11H2. The van der Waals surface area contributed by atoms with Gasteiger partial charge in [-0.15, -0.1) is 0 Å². The second kappa shape index (κ2) is 4.71. The van der Waals surface area contributed by atoms with Gasteiger partial charge in [-0.25, -0.2) is 0 Å². The predicted octanol–water partition coefficient (Wildman–Crippen LogP) is 4.71. The summed E-state index contributed by atoms with van der Waals surface area (Å²) in [5.41, 5.74) is 0.839. The summed E-state index contributed by atoms with van der Waals surface area (Å²) in [7, 11) is 0. The minimum Gasteiger partial charge on any atom is -0.332 e. The van der Waals surface area contributed by atoms with Crippen LogP contribution in [0.15, 0.2) is 60.7 Å². The fourth-order valence-electron chi connectivity index (χ4n) is 2.38. The highest BCUT2D eigenvalue weighted by atomic mass is 19.4. The van der Waals surface area contributed by atoms with Gasteiger partial charge in [0.1, 0.15) is 5.69 Å². The van der Waals surface area contributed by atoms with Crippen molar-refractivity contribution in [3.8, 4) is 0 Å². The fraction of sp³-hybridized carbons (Fsp3) is 0.125. The molecule has 0 saturated heterocycles. The van der Waals surface area contributed by atoms with Crippen molar-refractivity contribution >= 4 is 10.9 Å². The van der Waals surface area contributed by atoms with Crippen molar-refractivity contribution in [2.75, 3.05) is 0 Å². The summed E-state index contributed by atoms with van der Waals surface area (Å²) in [6.07, 6.45) is -4.35. The summed E-state index contributed by atoms with van der Waals surface area (Å²) in [4.78, 5) is 0. The van der Waals surface area contributed by atoms with E-state index in [2.05, 4.69) is 0 Å². The van der Waals surface area contributed by atoms with E-state index >= 15 is 0 Å². The van der Waals surface area contributed by atoms with E-state index in [0.29, 0.717) is 10.9 Å². The van der Waals surface area contributed by atoms with Crippen LogP contribution in [0.3, 0.4) is 0 Å². The Kier molecular flexibility index (Phi) is 3.01. The van der Waals surface area contributed by atoms with Crippen LogP contribution in [0.25, 0.3) is 10.9 Å². The van der Waals surface area contributed by atoms with Gasteiger partial charge in [0.2, 0.25) is 0 Å². The first-order chi connectivity index (χ1) is 9.55. The van der Waals surface area contributed by atoms with E-state index in [9.17, 15) is 13.2 Å². The zero-order chi connectivity index (χ0) is 14.2. The lowest BCUT2D eigenvalue weighted by Crippen LogP contribution is -2.14. The third-order valence-corrected chi connectivity index (χ3v) is 3.28. The normalized spacial score (nSPS) is 11.9. The first-order valence-corrected chi connectivity index (χ1v) is 6.25. The van der Waals surface area contributed by atoms with E-state index in [1.807, 2.05) is 30.3 Å². The Bertz CT molecular complexity index is 726. The van der Waals surface area contributed by atoms with Crippen LogP contribution in [-0.4, -0.2) is 4.57 Å². The Morgan fingerprint density at radius 2 is 1.50 bits per heavy atom. The van der Waals surface area contributed by atoms with E-state index in [1.54, 1.807) is 24.3 Å². The highest BCUT2D eigenvalue weighted by molar-refractivity contribution is 5.81. The number of aromatic nitrogens is 1. The molecule has 1 aromatic heterocycles. The molecule has 0 bridgehead atoms. The lowest BCUT2D eigenvalue weighted by atomic mass is 10.2. The third-order valence-electron chi connectivity index (χ3n) is 3.28. The fourth-order valence-corrected chi connectivity index (χ4v) is 2.38. The molecule has 0 spiro atoms. The summed E-state index contributed by atoms with van der Waals surface area (Å²) in [6, 6.07) is 17.3. The average Bonchev–Trinajstić information content (AvgIpc) is 2.79. The molecule has 0 N–H and O–H groups in total. The van der Waals surface area contributed by atoms with E-state index in [-0.39, 0.29) is 6.54 Å². The number of rotatable bonds is 2. The van der Waals surface area contributed by atoms with Crippen LogP contribution in [0.2, 0.25) is 0 Å². The zero-order valence-electron chi connectivity index (χ0n) is 10.6. The van der Waals surface area contributed by atoms with Gasteiger partial charge in [-0.3, -0.25) is 0 Å². The molecule has 0 aliphatic rings. The molecular formula is C16H12F3N. The highest BCUT2D eigenvalue weighted by Crippen LogP contribution is 2.34. The summed E-state index contributed by atoms with van der Waals surface area (Å²) >= 11 is 0. The molecule has 2 aromatic carbocycles. The maximum Gasteiger partial charge on any atom is 0.431 e. The van der Waals surface area contributed by atoms with Crippen molar-refractivity contribution in [2.24, 2.45) is 0 Å². The van der Waals surface area contributed by atoms with Gasteiger partial charge < -0.3 is 4.57 Å². The van der Waals surface area contributed by atoms with Crippen molar-refractivity contribution in [3.63, 3.8) is 0 Å². The van der Waals surface area contributed by atoms with Gasteiger partial charge in [0, 0.05) is 17.4 Å². The maximum atomic E-state index is 13.2. The van der Waals surface area contributed by atoms with Crippen molar-refractivity contribution in [1.29, 1.82) is 0 Å². The van der Waals surface area contributed by atoms with Crippen LogP contribution in [0, 0.1) is 0 Å². The number of hydrogen-bond acceptors (Lipinski definition) is 0. The second-order valence-corrected chi connectivity index (χ2v) is 4.66.